The van der Waals surface area contributed by atoms with Gasteiger partial charge in [-0.1, -0.05) is 0 Å². The molecule has 0 unspecified atom stereocenters. The van der Waals surface area contributed by atoms with Crippen LogP contribution in [0, 0.1) is 0 Å². The molecule has 0 atom stereocenters. The zero-order valence-corrected chi connectivity index (χ0v) is 6.13. The first-order valence-electron chi connectivity index (χ1n) is 2.63. The van der Waals surface area contributed by atoms with Gasteiger partial charge in [-0.3, -0.25) is 0 Å². The number of carbonyl (C=O) groups excluding carboxylic acids is 2. The summed E-state index contributed by atoms with van der Waals surface area (Å²) in [6.07, 6.45) is 6.22. The molecule has 0 spiro atoms. The summed E-state index contributed by atoms with van der Waals surface area (Å²) in [4.78, 5) is 23.5. The predicted molar refractivity (Wildman–Crippen MR) is 33.2 cm³/mol. The maximum absolute atomic E-state index is 10.1. The Bertz CT molecular complexity index is 304. The van der Waals surface area contributed by atoms with Gasteiger partial charge in [0.05, 0.1) is 0 Å². The summed E-state index contributed by atoms with van der Waals surface area (Å²) >= 11 is -1.35. The van der Waals surface area contributed by atoms with Gasteiger partial charge in [-0.25, -0.2) is 0 Å². The Balaban J connectivity index is 3.09. The predicted octanol–water partition coefficient (Wildman–Crippen LogP) is 0.583. The molecule has 0 bridgehead atoms. The molecule has 1 aliphatic rings. The van der Waals surface area contributed by atoms with Crippen molar-refractivity contribution in [3.63, 3.8) is 0 Å². The van der Waals surface area contributed by atoms with E-state index in [1.54, 1.807) is 15.7 Å². The van der Waals surface area contributed by atoms with Gasteiger partial charge in [0.1, 0.15) is 0 Å². The topological polar surface area (TPSA) is 34.1 Å². The average Bonchev–Trinajstić information content (AvgIpc) is 2.43. The summed E-state index contributed by atoms with van der Waals surface area (Å²) in [7, 11) is 0. The van der Waals surface area contributed by atoms with Crippen molar-refractivity contribution in [3.8, 4) is 0 Å². The van der Waals surface area contributed by atoms with Crippen molar-refractivity contribution >= 4 is 9.65 Å². The molecule has 10 heavy (non-hydrogen) atoms. The molecule has 0 aromatic carbocycles. The fraction of sp³-hybridized carbons (Fsp3) is 0.143. The fourth-order valence-corrected chi connectivity index (χ4v) is 1.56. The van der Waals surface area contributed by atoms with E-state index in [1.165, 1.54) is 0 Å². The quantitative estimate of drug-likeness (QED) is 0.591. The second-order valence-corrected chi connectivity index (χ2v) is 3.48. The van der Waals surface area contributed by atoms with Crippen LogP contribution < -0.4 is 0 Å². The van der Waals surface area contributed by atoms with E-state index in [4.69, 9.17) is 0 Å². The zero-order valence-electron chi connectivity index (χ0n) is 5.09. The molecule has 54 valence electrons. The summed E-state index contributed by atoms with van der Waals surface area (Å²) in [5.74, 6) is 0. The van der Waals surface area contributed by atoms with E-state index < -0.39 is 12.8 Å². The summed E-state index contributed by atoms with van der Waals surface area (Å²) in [5, 5.41) is 0. The molecule has 0 saturated carbocycles. The van der Waals surface area contributed by atoms with Crippen molar-refractivity contribution in [2.45, 2.75) is 6.42 Å². The van der Waals surface area contributed by atoms with E-state index in [2.05, 4.69) is 0 Å². The van der Waals surface area contributed by atoms with Crippen LogP contribution in [0.2, 0.25) is 0 Å². The van der Waals surface area contributed by atoms with Gasteiger partial charge < -0.3 is 0 Å². The van der Waals surface area contributed by atoms with Gasteiger partial charge in [0.25, 0.3) is 0 Å². The Morgan fingerprint density at radius 1 is 1.40 bits per heavy atom. The van der Waals surface area contributed by atoms with Gasteiger partial charge in [-0.05, 0) is 0 Å². The molecule has 3 heteroatoms. The Morgan fingerprint density at radius 2 is 2.10 bits per heavy atom. The summed E-state index contributed by atoms with van der Waals surface area (Å²) < 4.78 is 0.845. The molecule has 0 aromatic heterocycles. The van der Waals surface area contributed by atoms with Crippen molar-refractivity contribution in [2.24, 2.45) is 0 Å². The summed E-state index contributed by atoms with van der Waals surface area (Å²) in [6.45, 7) is 0. The Labute approximate surface area is 61.7 Å². The van der Waals surface area contributed by atoms with Crippen molar-refractivity contribution < 1.29 is 22.4 Å². The monoisotopic (exact) mass is 180 g/mol. The van der Waals surface area contributed by atoms with Crippen LogP contribution in [0.25, 0.3) is 0 Å². The van der Waals surface area contributed by atoms with Crippen LogP contribution in [0.3, 0.4) is 0 Å². The van der Waals surface area contributed by atoms with Gasteiger partial charge in [-0.15, -0.1) is 0 Å². The summed E-state index contributed by atoms with van der Waals surface area (Å²) in [5.41, 5.74) is 0. The molecule has 0 saturated heterocycles. The second kappa shape index (κ2) is 3.35. The number of allylic oxidation sites excluding steroid dienone is 4. The fourth-order valence-electron chi connectivity index (χ4n) is 0.636. The minimum atomic E-state index is -1.35. The number of hydrogen-bond acceptors (Lipinski definition) is 2. The van der Waals surface area contributed by atoms with Gasteiger partial charge in [0.2, 0.25) is 0 Å². The normalized spacial score (nSPS) is 15.6. The van der Waals surface area contributed by atoms with Crippen LogP contribution >= 0.6 is 0 Å². The first-order valence-corrected chi connectivity index (χ1v) is 4.19. The maximum atomic E-state index is 10.1. The van der Waals surface area contributed by atoms with Gasteiger partial charge in [-0.2, -0.15) is 0 Å². The van der Waals surface area contributed by atoms with E-state index >= 15 is 0 Å². The van der Waals surface area contributed by atoms with Gasteiger partial charge in [0, 0.05) is 0 Å². The average molecular weight is 180 g/mol. The third-order valence-corrected chi connectivity index (χ3v) is 2.54. The van der Waals surface area contributed by atoms with Gasteiger partial charge in [0.15, 0.2) is 0 Å². The molecular formula is C7H5CoO2. The van der Waals surface area contributed by atoms with Crippen LogP contribution in [-0.2, 0) is 22.4 Å². The van der Waals surface area contributed by atoms with E-state index in [-0.39, 0.29) is 0 Å². The molecule has 0 heterocycles. The molecule has 0 fully saturated rings. The van der Waals surface area contributed by atoms with Crippen molar-refractivity contribution in [1.29, 1.82) is 0 Å². The molecule has 2 nitrogen and oxygen atoms in total. The second-order valence-electron chi connectivity index (χ2n) is 1.60. The number of rotatable bonds is 1. The van der Waals surface area contributed by atoms with Crippen molar-refractivity contribution in [3.05, 3.63) is 22.7 Å². The molecule has 0 N–H and O–H groups in total. The first kappa shape index (κ1) is 7.26. The van der Waals surface area contributed by atoms with E-state index in [9.17, 15) is 9.59 Å². The van der Waals surface area contributed by atoms with Crippen molar-refractivity contribution in [2.75, 3.05) is 0 Å². The Morgan fingerprint density at radius 3 is 2.50 bits per heavy atom. The van der Waals surface area contributed by atoms with Crippen LogP contribution in [0.15, 0.2) is 22.7 Å². The number of hydrogen-bond donors (Lipinski definition) is 0. The van der Waals surface area contributed by atoms with Gasteiger partial charge >= 0.3 is 61.2 Å². The van der Waals surface area contributed by atoms with Crippen LogP contribution in [0.5, 0.6) is 0 Å². The zero-order chi connectivity index (χ0) is 7.40. The Hall–Kier alpha value is -0.854. The SMILES string of the molecule is O=[C]=[Co](=[C]=O)[C]1=CC=CC1. The molecule has 0 radical (unpaired) electrons. The molecule has 1 rings (SSSR count). The minimum absolute atomic E-state index is 0.704. The molecule has 1 aliphatic carbocycles. The van der Waals surface area contributed by atoms with E-state index in [0.717, 1.165) is 4.51 Å². The van der Waals surface area contributed by atoms with Crippen LogP contribution in [0.4, 0.5) is 0 Å². The standard InChI is InChI=1S/C5H5.2CO.Co/c1-2-4-5-3-1;2*1-2;/h1-3H,4H2;;;. The summed E-state index contributed by atoms with van der Waals surface area (Å²) in [6, 6.07) is 0. The third-order valence-electron chi connectivity index (χ3n) is 1.06. The molecule has 0 aliphatic heterocycles. The van der Waals surface area contributed by atoms with Crippen molar-refractivity contribution in [1.82, 2.24) is 0 Å². The molecule has 0 aromatic rings. The van der Waals surface area contributed by atoms with Crippen LogP contribution in [-0.4, -0.2) is 9.65 Å². The van der Waals surface area contributed by atoms with E-state index in [1.807, 2.05) is 12.2 Å². The third kappa shape index (κ3) is 1.35. The van der Waals surface area contributed by atoms with Crippen LogP contribution in [0.1, 0.15) is 6.42 Å². The Kier molecular flexibility index (Phi) is 2.43. The molecule has 0 amide bonds. The van der Waals surface area contributed by atoms with E-state index in [0.29, 0.717) is 6.42 Å². The molecular weight excluding hydrogens is 175 g/mol. The first-order chi connectivity index (χ1) is 4.88.